The second-order valence-electron chi connectivity index (χ2n) is 7.89. The number of hydrogen-bond donors (Lipinski definition) is 0. The Morgan fingerprint density at radius 1 is 0.433 bits per heavy atom. The van der Waals surface area contributed by atoms with E-state index in [2.05, 4.69) is 84.9 Å². The monoisotopic (exact) mass is 384 g/mol. The molecule has 0 fully saturated rings. The molecule has 0 saturated carbocycles. The van der Waals surface area contributed by atoms with Crippen LogP contribution in [0.2, 0.25) is 0 Å². The molecule has 142 valence electrons. The van der Waals surface area contributed by atoms with Gasteiger partial charge in [0.15, 0.2) is 0 Å². The molecule has 0 radical (unpaired) electrons. The Kier molecular flexibility index (Phi) is 3.95. The molecular formula is C28H20N2. The van der Waals surface area contributed by atoms with Crippen LogP contribution in [0.1, 0.15) is 22.3 Å². The van der Waals surface area contributed by atoms with Crippen LogP contribution < -0.4 is 0 Å². The topological polar surface area (TPSA) is 24.7 Å². The zero-order valence-electron chi connectivity index (χ0n) is 16.5. The van der Waals surface area contributed by atoms with Gasteiger partial charge >= 0.3 is 0 Å². The maximum Gasteiger partial charge on any atom is 0.0675 e. The minimum atomic E-state index is 0.883. The summed E-state index contributed by atoms with van der Waals surface area (Å²) in [5, 5.41) is 0. The van der Waals surface area contributed by atoms with E-state index in [9.17, 15) is 0 Å². The lowest BCUT2D eigenvalue weighted by Gasteiger charge is -2.06. The van der Waals surface area contributed by atoms with Crippen molar-refractivity contribution in [2.45, 2.75) is 12.8 Å². The first-order valence-electron chi connectivity index (χ1n) is 10.4. The Labute approximate surface area is 176 Å². The smallest absolute Gasteiger partial charge is 0.0675 e. The maximum absolute atomic E-state index is 4.93. The van der Waals surface area contributed by atoms with Gasteiger partial charge in [-0.1, -0.05) is 78.9 Å². The lowest BCUT2D eigenvalue weighted by atomic mass is 9.97. The normalized spacial score (nSPS) is 14.1. The van der Waals surface area contributed by atoms with E-state index in [0.29, 0.717) is 0 Å². The van der Waals surface area contributed by atoms with Crippen LogP contribution >= 0.6 is 0 Å². The molecule has 30 heavy (non-hydrogen) atoms. The minimum absolute atomic E-state index is 0.883. The predicted molar refractivity (Wildman–Crippen MR) is 125 cm³/mol. The number of rotatable bonds is 3. The molecule has 2 aliphatic rings. The van der Waals surface area contributed by atoms with Gasteiger partial charge < -0.3 is 0 Å². The lowest BCUT2D eigenvalue weighted by molar-refractivity contribution is 1.37. The van der Waals surface area contributed by atoms with Crippen molar-refractivity contribution < 1.29 is 0 Å². The van der Waals surface area contributed by atoms with Gasteiger partial charge in [-0.05, 0) is 51.6 Å². The highest BCUT2D eigenvalue weighted by atomic mass is 14.8. The van der Waals surface area contributed by atoms with E-state index in [0.717, 1.165) is 35.6 Å². The molecule has 2 nitrogen and oxygen atoms in total. The Balaban J connectivity index is 1.30. The summed E-state index contributed by atoms with van der Waals surface area (Å²) in [6.07, 6.45) is 1.78. The van der Waals surface area contributed by atoms with Gasteiger partial charge in [0, 0.05) is 12.8 Å². The van der Waals surface area contributed by atoms with Crippen LogP contribution in [0, 0.1) is 0 Å². The first-order chi connectivity index (χ1) is 14.8. The molecule has 4 aromatic carbocycles. The molecule has 2 aliphatic heterocycles. The van der Waals surface area contributed by atoms with E-state index < -0.39 is 0 Å². The SMILES string of the molecule is c1ccc(C2=Nc3ccc(-c4ccc5c(c4)N=C(c4ccccc4)C5)cc3C2)cc1. The van der Waals surface area contributed by atoms with E-state index in [1.54, 1.807) is 0 Å². The molecule has 0 aliphatic carbocycles. The van der Waals surface area contributed by atoms with Crippen LogP contribution in [0.3, 0.4) is 0 Å². The van der Waals surface area contributed by atoms with Gasteiger partial charge in [-0.2, -0.15) is 0 Å². The van der Waals surface area contributed by atoms with Crippen molar-refractivity contribution in [1.82, 2.24) is 0 Å². The zero-order chi connectivity index (χ0) is 19.9. The molecule has 6 rings (SSSR count). The highest BCUT2D eigenvalue weighted by molar-refractivity contribution is 6.07. The molecule has 4 aromatic rings. The van der Waals surface area contributed by atoms with Crippen LogP contribution in [-0.2, 0) is 12.8 Å². The van der Waals surface area contributed by atoms with Crippen LogP contribution in [-0.4, -0.2) is 11.4 Å². The molecule has 0 saturated heterocycles. The molecule has 0 bridgehead atoms. The van der Waals surface area contributed by atoms with Crippen LogP contribution in [0.5, 0.6) is 0 Å². The highest BCUT2D eigenvalue weighted by Crippen LogP contribution is 2.36. The molecule has 0 N–H and O–H groups in total. The number of fused-ring (bicyclic) bond motifs is 2. The summed E-state index contributed by atoms with van der Waals surface area (Å²) in [6.45, 7) is 0. The minimum Gasteiger partial charge on any atom is -0.252 e. The van der Waals surface area contributed by atoms with E-state index in [4.69, 9.17) is 9.98 Å². The molecule has 2 heteroatoms. The molecule has 0 aromatic heterocycles. The molecule has 0 atom stereocenters. The average Bonchev–Trinajstić information content (AvgIpc) is 3.43. The Bertz CT molecular complexity index is 1320. The van der Waals surface area contributed by atoms with Crippen molar-refractivity contribution in [1.29, 1.82) is 0 Å². The predicted octanol–water partition coefficient (Wildman–Crippen LogP) is 6.71. The lowest BCUT2D eigenvalue weighted by Crippen LogP contribution is -1.99. The first-order valence-corrected chi connectivity index (χ1v) is 10.4. The number of aliphatic imine (C=N–C) groups is 2. The summed E-state index contributed by atoms with van der Waals surface area (Å²) in [6, 6.07) is 34.2. The van der Waals surface area contributed by atoms with Gasteiger partial charge in [-0.15, -0.1) is 0 Å². The third-order valence-corrected chi connectivity index (χ3v) is 5.94. The van der Waals surface area contributed by atoms with Crippen molar-refractivity contribution in [3.63, 3.8) is 0 Å². The molecule has 0 amide bonds. The van der Waals surface area contributed by atoms with Crippen molar-refractivity contribution in [2.75, 3.05) is 0 Å². The number of nitrogens with zero attached hydrogens (tertiary/aromatic N) is 2. The second-order valence-corrected chi connectivity index (χ2v) is 7.89. The maximum atomic E-state index is 4.93. The number of benzene rings is 4. The van der Waals surface area contributed by atoms with Crippen LogP contribution in [0.15, 0.2) is 107 Å². The second kappa shape index (κ2) is 6.93. The fraction of sp³-hybridized carbons (Fsp3) is 0.0714. The first kappa shape index (κ1) is 17.1. The van der Waals surface area contributed by atoms with Crippen molar-refractivity contribution in [2.24, 2.45) is 9.98 Å². The molecule has 2 heterocycles. The van der Waals surface area contributed by atoms with Crippen molar-refractivity contribution >= 4 is 22.8 Å². The van der Waals surface area contributed by atoms with Crippen molar-refractivity contribution in [3.8, 4) is 11.1 Å². The highest BCUT2D eigenvalue weighted by Gasteiger charge is 2.19. The number of hydrogen-bond acceptors (Lipinski definition) is 2. The standard InChI is InChI=1S/C28H20N2/c1-3-7-19(8-4-1)26-17-23-12-11-22(16-28(23)30-26)21-13-14-25-24(15-21)18-27(29-25)20-9-5-2-6-10-20/h1-16H,17-18H2. The summed E-state index contributed by atoms with van der Waals surface area (Å²) in [5.74, 6) is 0. The summed E-state index contributed by atoms with van der Waals surface area (Å²) in [4.78, 5) is 9.78. The summed E-state index contributed by atoms with van der Waals surface area (Å²) in [5.41, 5.74) is 11.9. The van der Waals surface area contributed by atoms with E-state index in [1.165, 1.54) is 33.4 Å². The molecule has 0 unspecified atom stereocenters. The fourth-order valence-electron chi connectivity index (χ4n) is 4.34. The Morgan fingerprint density at radius 3 is 1.70 bits per heavy atom. The quantitative estimate of drug-likeness (QED) is 0.375. The van der Waals surface area contributed by atoms with Gasteiger partial charge in [0.05, 0.1) is 22.8 Å². The van der Waals surface area contributed by atoms with Gasteiger partial charge in [0.25, 0.3) is 0 Å². The summed E-state index contributed by atoms with van der Waals surface area (Å²) < 4.78 is 0. The van der Waals surface area contributed by atoms with Crippen LogP contribution in [0.25, 0.3) is 11.1 Å². The third-order valence-electron chi connectivity index (χ3n) is 5.94. The average molecular weight is 384 g/mol. The molecular weight excluding hydrogens is 364 g/mol. The van der Waals surface area contributed by atoms with Gasteiger partial charge in [0.1, 0.15) is 0 Å². The third kappa shape index (κ3) is 2.98. The van der Waals surface area contributed by atoms with E-state index in [1.807, 2.05) is 12.1 Å². The van der Waals surface area contributed by atoms with E-state index >= 15 is 0 Å². The largest absolute Gasteiger partial charge is 0.252 e. The fourth-order valence-corrected chi connectivity index (χ4v) is 4.34. The van der Waals surface area contributed by atoms with Gasteiger partial charge in [-0.3, -0.25) is 9.98 Å². The Morgan fingerprint density at radius 2 is 1.00 bits per heavy atom. The van der Waals surface area contributed by atoms with E-state index in [-0.39, 0.29) is 0 Å². The summed E-state index contributed by atoms with van der Waals surface area (Å²) in [7, 11) is 0. The van der Waals surface area contributed by atoms with Gasteiger partial charge in [-0.25, -0.2) is 0 Å². The summed E-state index contributed by atoms with van der Waals surface area (Å²) >= 11 is 0. The van der Waals surface area contributed by atoms with Crippen molar-refractivity contribution in [3.05, 3.63) is 119 Å². The van der Waals surface area contributed by atoms with Crippen LogP contribution in [0.4, 0.5) is 11.4 Å². The van der Waals surface area contributed by atoms with Gasteiger partial charge in [0.2, 0.25) is 0 Å². The Hall–Kier alpha value is -3.78. The zero-order valence-corrected chi connectivity index (χ0v) is 16.5. The molecule has 0 spiro atoms.